The zero-order valence-corrected chi connectivity index (χ0v) is 16.9. The topological polar surface area (TPSA) is 39.7 Å². The number of piperidine rings is 2. The van der Waals surface area contributed by atoms with Gasteiger partial charge in [0.25, 0.3) is 0 Å². The van der Waals surface area contributed by atoms with Crippen molar-refractivity contribution in [2.75, 3.05) is 45.2 Å². The van der Waals surface area contributed by atoms with Gasteiger partial charge in [0.05, 0.1) is 10.6 Å². The van der Waals surface area contributed by atoms with Crippen LogP contribution in [0.5, 0.6) is 0 Å². The molecule has 9 heteroatoms. The van der Waals surface area contributed by atoms with Crippen LogP contribution in [0.4, 0.5) is 19.0 Å². The monoisotopic (exact) mass is 418 g/mol. The fraction of sp³-hybridized carbons (Fsp3) is 0.684. The zero-order valence-electron chi connectivity index (χ0n) is 16.2. The second kappa shape index (κ2) is 8.45. The molecule has 1 aromatic heterocycles. The number of carbonyl (C=O) groups is 1. The summed E-state index contributed by atoms with van der Waals surface area (Å²) in [7, 11) is 3.98. The van der Waals surface area contributed by atoms with E-state index in [-0.39, 0.29) is 22.9 Å². The van der Waals surface area contributed by atoms with Crippen LogP contribution in [0.15, 0.2) is 12.3 Å². The SMILES string of the molecule is CN1CCC(N(C)C(=O)C2CCN(c3ncc(C(F)(F)F)cc3Cl)CC2)CC1. The summed E-state index contributed by atoms with van der Waals surface area (Å²) in [5.41, 5.74) is -0.855. The van der Waals surface area contributed by atoms with Crippen LogP contribution in [-0.2, 0) is 11.0 Å². The molecule has 2 fully saturated rings. The summed E-state index contributed by atoms with van der Waals surface area (Å²) < 4.78 is 38.3. The number of hydrogen-bond donors (Lipinski definition) is 0. The Morgan fingerprint density at radius 2 is 1.79 bits per heavy atom. The van der Waals surface area contributed by atoms with Crippen LogP contribution in [-0.4, -0.2) is 67.0 Å². The first-order chi connectivity index (χ1) is 13.2. The van der Waals surface area contributed by atoms with Crippen LogP contribution in [0, 0.1) is 5.92 Å². The number of nitrogens with zero attached hydrogens (tertiary/aromatic N) is 4. The van der Waals surface area contributed by atoms with Gasteiger partial charge in [-0.3, -0.25) is 4.79 Å². The third-order valence-electron chi connectivity index (χ3n) is 5.88. The normalized spacial score (nSPS) is 20.4. The third-order valence-corrected chi connectivity index (χ3v) is 6.15. The number of rotatable bonds is 3. The number of anilines is 1. The predicted octanol–water partition coefficient (Wildman–Crippen LogP) is 3.52. The Morgan fingerprint density at radius 3 is 2.32 bits per heavy atom. The third kappa shape index (κ3) is 4.71. The fourth-order valence-corrected chi connectivity index (χ4v) is 4.29. The maximum atomic E-state index is 12.9. The molecule has 3 rings (SSSR count). The van der Waals surface area contributed by atoms with Gasteiger partial charge in [0.15, 0.2) is 0 Å². The number of aromatic nitrogens is 1. The van der Waals surface area contributed by atoms with Gasteiger partial charge in [-0.1, -0.05) is 11.6 Å². The molecule has 2 aliphatic rings. The highest BCUT2D eigenvalue weighted by atomic mass is 35.5. The van der Waals surface area contributed by atoms with Gasteiger partial charge in [-0.2, -0.15) is 13.2 Å². The summed E-state index contributed by atoms with van der Waals surface area (Å²) >= 11 is 6.05. The molecule has 0 bridgehead atoms. The van der Waals surface area contributed by atoms with E-state index in [1.54, 1.807) is 0 Å². The van der Waals surface area contributed by atoms with Crippen molar-refractivity contribution >= 4 is 23.3 Å². The number of likely N-dealkylation sites (tertiary alicyclic amines) is 1. The molecule has 0 aromatic carbocycles. The van der Waals surface area contributed by atoms with Gasteiger partial charge in [-0.15, -0.1) is 0 Å². The molecular formula is C19H26ClF3N4O. The van der Waals surface area contributed by atoms with Gasteiger partial charge in [0.2, 0.25) is 5.91 Å². The van der Waals surface area contributed by atoms with Crippen molar-refractivity contribution < 1.29 is 18.0 Å². The quantitative estimate of drug-likeness (QED) is 0.753. The predicted molar refractivity (Wildman–Crippen MR) is 102 cm³/mol. The van der Waals surface area contributed by atoms with E-state index in [0.717, 1.165) is 38.2 Å². The van der Waals surface area contributed by atoms with Crippen LogP contribution in [0.3, 0.4) is 0 Å². The number of alkyl halides is 3. The minimum atomic E-state index is -4.47. The molecule has 0 N–H and O–H groups in total. The van der Waals surface area contributed by atoms with Gasteiger partial charge in [-0.05, 0) is 51.9 Å². The van der Waals surface area contributed by atoms with Crippen molar-refractivity contribution in [1.82, 2.24) is 14.8 Å². The Balaban J connectivity index is 1.57. The number of carbonyl (C=O) groups excluding carboxylic acids is 1. The average Bonchev–Trinajstić information content (AvgIpc) is 2.67. The highest BCUT2D eigenvalue weighted by Crippen LogP contribution is 2.35. The number of halogens is 4. The van der Waals surface area contributed by atoms with E-state index < -0.39 is 11.7 Å². The molecule has 5 nitrogen and oxygen atoms in total. The smallest absolute Gasteiger partial charge is 0.355 e. The Labute approximate surface area is 168 Å². The van der Waals surface area contributed by atoms with Crippen molar-refractivity contribution in [3.8, 4) is 0 Å². The van der Waals surface area contributed by atoms with Gasteiger partial charge in [0, 0.05) is 38.3 Å². The molecule has 0 saturated carbocycles. The maximum absolute atomic E-state index is 12.9. The molecule has 28 heavy (non-hydrogen) atoms. The molecule has 2 saturated heterocycles. The van der Waals surface area contributed by atoms with Gasteiger partial charge < -0.3 is 14.7 Å². The van der Waals surface area contributed by atoms with Crippen molar-refractivity contribution in [1.29, 1.82) is 0 Å². The van der Waals surface area contributed by atoms with Crippen molar-refractivity contribution in [3.63, 3.8) is 0 Å². The minimum absolute atomic E-state index is 0.0111. The first-order valence-corrected chi connectivity index (χ1v) is 9.97. The molecule has 3 heterocycles. The summed E-state index contributed by atoms with van der Waals surface area (Å²) in [4.78, 5) is 22.8. The molecular weight excluding hydrogens is 393 g/mol. The fourth-order valence-electron chi connectivity index (χ4n) is 4.01. The van der Waals surface area contributed by atoms with Crippen LogP contribution in [0.25, 0.3) is 0 Å². The summed E-state index contributed by atoms with van der Waals surface area (Å²) in [5.74, 6) is 0.457. The molecule has 2 aliphatic heterocycles. The Kier molecular flexibility index (Phi) is 6.39. The lowest BCUT2D eigenvalue weighted by Gasteiger charge is -2.39. The number of amides is 1. The van der Waals surface area contributed by atoms with E-state index in [0.29, 0.717) is 31.7 Å². The largest absolute Gasteiger partial charge is 0.417 e. The van der Waals surface area contributed by atoms with E-state index in [1.807, 2.05) is 16.8 Å². The minimum Gasteiger partial charge on any atom is -0.355 e. The molecule has 0 atom stereocenters. The highest BCUT2D eigenvalue weighted by Gasteiger charge is 2.34. The van der Waals surface area contributed by atoms with Crippen LogP contribution >= 0.6 is 11.6 Å². The van der Waals surface area contributed by atoms with Crippen molar-refractivity contribution in [2.24, 2.45) is 5.92 Å². The number of hydrogen-bond acceptors (Lipinski definition) is 4. The molecule has 1 aromatic rings. The molecule has 0 unspecified atom stereocenters. The molecule has 156 valence electrons. The first kappa shape index (κ1) is 21.2. The van der Waals surface area contributed by atoms with Crippen LogP contribution < -0.4 is 4.90 Å². The highest BCUT2D eigenvalue weighted by molar-refractivity contribution is 6.33. The second-order valence-corrected chi connectivity index (χ2v) is 8.18. The zero-order chi connectivity index (χ0) is 20.5. The molecule has 0 aliphatic carbocycles. The van der Waals surface area contributed by atoms with Gasteiger partial charge in [-0.25, -0.2) is 4.98 Å². The molecule has 0 spiro atoms. The molecule has 0 radical (unpaired) electrons. The summed E-state index contributed by atoms with van der Waals surface area (Å²) in [6, 6.07) is 1.20. The first-order valence-electron chi connectivity index (χ1n) is 9.59. The number of pyridine rings is 1. The second-order valence-electron chi connectivity index (χ2n) is 7.77. The van der Waals surface area contributed by atoms with Crippen molar-refractivity contribution in [3.05, 3.63) is 22.8 Å². The van der Waals surface area contributed by atoms with Crippen molar-refractivity contribution in [2.45, 2.75) is 37.9 Å². The maximum Gasteiger partial charge on any atom is 0.417 e. The summed E-state index contributed by atoms with van der Waals surface area (Å²) in [5, 5.41) is -0.0111. The van der Waals surface area contributed by atoms with E-state index in [4.69, 9.17) is 11.6 Å². The van der Waals surface area contributed by atoms with Gasteiger partial charge in [0.1, 0.15) is 5.82 Å². The van der Waals surface area contributed by atoms with E-state index in [9.17, 15) is 18.0 Å². The lowest BCUT2D eigenvalue weighted by atomic mass is 9.93. The average molecular weight is 419 g/mol. The standard InChI is InChI=1S/C19H26ClF3N4O/c1-25-7-5-15(6-8-25)26(2)18(28)13-3-9-27(10-4-13)17-16(20)11-14(12-24-17)19(21,22)23/h11-13,15H,3-10H2,1-2H3. The van der Waals surface area contributed by atoms with E-state index >= 15 is 0 Å². The summed E-state index contributed by atoms with van der Waals surface area (Å²) in [6.45, 7) is 3.10. The lowest BCUT2D eigenvalue weighted by molar-refractivity contribution is -0.138. The van der Waals surface area contributed by atoms with E-state index in [2.05, 4.69) is 16.9 Å². The Bertz CT molecular complexity index is 699. The lowest BCUT2D eigenvalue weighted by Crippen LogP contribution is -2.48. The van der Waals surface area contributed by atoms with Crippen LogP contribution in [0.1, 0.15) is 31.2 Å². The van der Waals surface area contributed by atoms with Crippen LogP contribution in [0.2, 0.25) is 5.02 Å². The Morgan fingerprint density at radius 1 is 1.18 bits per heavy atom. The summed E-state index contributed by atoms with van der Waals surface area (Å²) in [6.07, 6.45) is -0.381. The molecule has 1 amide bonds. The Hall–Kier alpha value is -1.54. The van der Waals surface area contributed by atoms with E-state index in [1.165, 1.54) is 0 Å². The van der Waals surface area contributed by atoms with Gasteiger partial charge >= 0.3 is 6.18 Å².